The van der Waals surface area contributed by atoms with Gasteiger partial charge in [-0.2, -0.15) is 5.10 Å². The van der Waals surface area contributed by atoms with Crippen molar-refractivity contribution < 1.29 is 0 Å². The Morgan fingerprint density at radius 2 is 2.00 bits per heavy atom. The first kappa shape index (κ1) is 14.5. The lowest BCUT2D eigenvalue weighted by Gasteiger charge is -2.32. The first-order chi connectivity index (χ1) is 9.11. The van der Waals surface area contributed by atoms with Crippen molar-refractivity contribution in [3.8, 4) is 0 Å². The van der Waals surface area contributed by atoms with E-state index in [1.165, 1.54) is 25.7 Å². The molecule has 1 N–H and O–H groups in total. The average molecular weight is 264 g/mol. The second kappa shape index (κ2) is 6.51. The molecular weight excluding hydrogens is 236 g/mol. The van der Waals surface area contributed by atoms with Crippen molar-refractivity contribution in [2.45, 2.75) is 65.0 Å². The SMILES string of the molecule is CNC(Cc1ncnn1C(C)C)C1CCC(C)CC1. The summed E-state index contributed by atoms with van der Waals surface area (Å²) in [6.45, 7) is 6.70. The molecule has 1 fully saturated rings. The molecule has 1 atom stereocenters. The van der Waals surface area contributed by atoms with Crippen LogP contribution >= 0.6 is 0 Å². The summed E-state index contributed by atoms with van der Waals surface area (Å²) in [5.41, 5.74) is 0. The smallest absolute Gasteiger partial charge is 0.138 e. The lowest BCUT2D eigenvalue weighted by atomic mass is 9.78. The Labute approximate surface area is 117 Å². The number of rotatable bonds is 5. The van der Waals surface area contributed by atoms with Gasteiger partial charge in [-0.1, -0.05) is 19.8 Å². The monoisotopic (exact) mass is 264 g/mol. The van der Waals surface area contributed by atoms with Gasteiger partial charge in [-0.25, -0.2) is 9.67 Å². The molecule has 0 saturated heterocycles. The van der Waals surface area contributed by atoms with E-state index >= 15 is 0 Å². The maximum atomic E-state index is 4.45. The van der Waals surface area contributed by atoms with E-state index in [9.17, 15) is 0 Å². The Balaban J connectivity index is 2.00. The minimum absolute atomic E-state index is 0.390. The second-order valence-corrected chi connectivity index (χ2v) is 6.33. The molecule has 19 heavy (non-hydrogen) atoms. The first-order valence-corrected chi connectivity index (χ1v) is 7.67. The van der Waals surface area contributed by atoms with Crippen LogP contribution in [0.4, 0.5) is 0 Å². The van der Waals surface area contributed by atoms with Gasteiger partial charge in [0, 0.05) is 18.5 Å². The third-order valence-electron chi connectivity index (χ3n) is 4.54. The molecule has 0 aromatic carbocycles. The molecule has 1 aliphatic carbocycles. The van der Waals surface area contributed by atoms with Crippen LogP contribution in [0, 0.1) is 11.8 Å². The fraction of sp³-hybridized carbons (Fsp3) is 0.867. The molecule has 108 valence electrons. The van der Waals surface area contributed by atoms with Gasteiger partial charge >= 0.3 is 0 Å². The van der Waals surface area contributed by atoms with E-state index in [0.29, 0.717) is 12.1 Å². The summed E-state index contributed by atoms with van der Waals surface area (Å²) in [5, 5.41) is 7.85. The molecule has 1 aliphatic rings. The van der Waals surface area contributed by atoms with Gasteiger partial charge in [0.15, 0.2) is 0 Å². The highest BCUT2D eigenvalue weighted by Gasteiger charge is 2.26. The Hall–Kier alpha value is -0.900. The third-order valence-corrected chi connectivity index (χ3v) is 4.54. The lowest BCUT2D eigenvalue weighted by Crippen LogP contribution is -2.38. The van der Waals surface area contributed by atoms with E-state index in [1.54, 1.807) is 6.33 Å². The summed E-state index contributed by atoms with van der Waals surface area (Å²) in [6, 6.07) is 0.926. The molecule has 4 heteroatoms. The second-order valence-electron chi connectivity index (χ2n) is 6.33. The van der Waals surface area contributed by atoms with Gasteiger partial charge < -0.3 is 5.32 Å². The van der Waals surface area contributed by atoms with Crippen LogP contribution in [0.3, 0.4) is 0 Å². The molecule has 0 spiro atoms. The number of hydrogen-bond donors (Lipinski definition) is 1. The van der Waals surface area contributed by atoms with Crippen LogP contribution in [0.25, 0.3) is 0 Å². The minimum atomic E-state index is 0.390. The highest BCUT2D eigenvalue weighted by atomic mass is 15.3. The summed E-state index contributed by atoms with van der Waals surface area (Å²) in [6.07, 6.45) is 8.13. The van der Waals surface area contributed by atoms with Crippen LogP contribution in [0.1, 0.15) is 58.3 Å². The Morgan fingerprint density at radius 1 is 1.32 bits per heavy atom. The molecule has 4 nitrogen and oxygen atoms in total. The van der Waals surface area contributed by atoms with Crippen LogP contribution in [0.5, 0.6) is 0 Å². The zero-order valence-electron chi connectivity index (χ0n) is 12.8. The van der Waals surface area contributed by atoms with Crippen molar-refractivity contribution in [2.24, 2.45) is 11.8 Å². The molecule has 1 saturated carbocycles. The molecule has 1 heterocycles. The van der Waals surface area contributed by atoms with Gasteiger partial charge in [-0.3, -0.25) is 0 Å². The summed E-state index contributed by atoms with van der Waals surface area (Å²) in [5.74, 6) is 2.82. The summed E-state index contributed by atoms with van der Waals surface area (Å²) in [4.78, 5) is 4.45. The molecule has 1 aromatic rings. The molecule has 0 aliphatic heterocycles. The Bertz CT molecular complexity index is 377. The molecule has 1 unspecified atom stereocenters. The van der Waals surface area contributed by atoms with Crippen molar-refractivity contribution in [3.63, 3.8) is 0 Å². The molecule has 0 radical (unpaired) electrons. The fourth-order valence-corrected chi connectivity index (χ4v) is 3.24. The summed E-state index contributed by atoms with van der Waals surface area (Å²) < 4.78 is 2.05. The zero-order valence-corrected chi connectivity index (χ0v) is 12.8. The van der Waals surface area contributed by atoms with E-state index < -0.39 is 0 Å². The highest BCUT2D eigenvalue weighted by molar-refractivity contribution is 4.94. The van der Waals surface area contributed by atoms with E-state index in [2.05, 4.69) is 47.9 Å². The number of likely N-dealkylation sites (N-methyl/N-ethyl adjacent to an activating group) is 1. The first-order valence-electron chi connectivity index (χ1n) is 7.67. The predicted octanol–water partition coefficient (Wildman–Crippen LogP) is 2.82. The molecule has 0 amide bonds. The van der Waals surface area contributed by atoms with Gasteiger partial charge in [-0.05, 0) is 45.6 Å². The van der Waals surface area contributed by atoms with Crippen LogP contribution in [0.15, 0.2) is 6.33 Å². The number of nitrogens with one attached hydrogen (secondary N) is 1. The lowest BCUT2D eigenvalue weighted by molar-refractivity contribution is 0.232. The maximum absolute atomic E-state index is 4.45. The van der Waals surface area contributed by atoms with Crippen LogP contribution in [0.2, 0.25) is 0 Å². The van der Waals surface area contributed by atoms with Gasteiger partial charge in [0.1, 0.15) is 12.2 Å². The minimum Gasteiger partial charge on any atom is -0.316 e. The van der Waals surface area contributed by atoms with Crippen LogP contribution < -0.4 is 5.32 Å². The van der Waals surface area contributed by atoms with Gasteiger partial charge in [-0.15, -0.1) is 0 Å². The predicted molar refractivity (Wildman–Crippen MR) is 78.1 cm³/mol. The quantitative estimate of drug-likeness (QED) is 0.889. The fourth-order valence-electron chi connectivity index (χ4n) is 3.24. The molecule has 2 rings (SSSR count). The zero-order chi connectivity index (χ0) is 13.8. The molecular formula is C15H28N4. The third kappa shape index (κ3) is 3.56. The average Bonchev–Trinajstić information content (AvgIpc) is 2.85. The van der Waals surface area contributed by atoms with Crippen molar-refractivity contribution in [3.05, 3.63) is 12.2 Å². The van der Waals surface area contributed by atoms with Crippen LogP contribution in [-0.2, 0) is 6.42 Å². The standard InChI is InChI=1S/C15H28N4/c1-11(2)19-15(17-10-18-19)9-14(16-4)13-7-5-12(3)6-8-13/h10-14,16H,5-9H2,1-4H3. The van der Waals surface area contributed by atoms with E-state index in [1.807, 2.05) is 0 Å². The Morgan fingerprint density at radius 3 is 2.58 bits per heavy atom. The number of aromatic nitrogens is 3. The van der Waals surface area contributed by atoms with Gasteiger partial charge in [0.25, 0.3) is 0 Å². The van der Waals surface area contributed by atoms with E-state index in [0.717, 1.165) is 24.1 Å². The summed E-state index contributed by atoms with van der Waals surface area (Å²) in [7, 11) is 2.08. The van der Waals surface area contributed by atoms with Crippen molar-refractivity contribution in [1.29, 1.82) is 0 Å². The largest absolute Gasteiger partial charge is 0.316 e. The Kier molecular flexibility index (Phi) is 4.97. The van der Waals surface area contributed by atoms with Crippen molar-refractivity contribution in [2.75, 3.05) is 7.05 Å². The maximum Gasteiger partial charge on any atom is 0.138 e. The van der Waals surface area contributed by atoms with Crippen LogP contribution in [-0.4, -0.2) is 27.9 Å². The normalized spacial score (nSPS) is 25.7. The van der Waals surface area contributed by atoms with E-state index in [-0.39, 0.29) is 0 Å². The summed E-state index contributed by atoms with van der Waals surface area (Å²) >= 11 is 0. The highest BCUT2D eigenvalue weighted by Crippen LogP contribution is 2.31. The van der Waals surface area contributed by atoms with Gasteiger partial charge in [0.05, 0.1) is 0 Å². The van der Waals surface area contributed by atoms with E-state index in [4.69, 9.17) is 0 Å². The topological polar surface area (TPSA) is 42.7 Å². The van der Waals surface area contributed by atoms with Gasteiger partial charge in [0.2, 0.25) is 0 Å². The number of hydrogen-bond acceptors (Lipinski definition) is 3. The molecule has 1 aromatic heterocycles. The number of nitrogens with zero attached hydrogens (tertiary/aromatic N) is 3. The molecule has 0 bridgehead atoms. The van der Waals surface area contributed by atoms with Crippen molar-refractivity contribution in [1.82, 2.24) is 20.1 Å². The van der Waals surface area contributed by atoms with Crippen molar-refractivity contribution >= 4 is 0 Å².